The van der Waals surface area contributed by atoms with Crippen LogP contribution in [-0.2, 0) is 0 Å². The number of pyridine rings is 2. The lowest BCUT2D eigenvalue weighted by Crippen LogP contribution is -2.14. The van der Waals surface area contributed by atoms with E-state index in [1.807, 2.05) is 0 Å². The number of nitrogens with zero attached hydrogens (tertiary/aromatic N) is 2. The van der Waals surface area contributed by atoms with Crippen LogP contribution in [0.1, 0.15) is 10.5 Å². The predicted molar refractivity (Wildman–Crippen MR) is 80.6 cm³/mol. The monoisotopic (exact) mass is 299 g/mol. The van der Waals surface area contributed by atoms with Crippen molar-refractivity contribution >= 4 is 34.1 Å². The van der Waals surface area contributed by atoms with Gasteiger partial charge >= 0.3 is 0 Å². The summed E-state index contributed by atoms with van der Waals surface area (Å²) in [5.74, 6) is -0.800. The highest BCUT2D eigenvalue weighted by atomic mass is 35.5. The third kappa shape index (κ3) is 2.51. The van der Waals surface area contributed by atoms with E-state index in [0.29, 0.717) is 21.6 Å². The second-order valence-electron chi connectivity index (χ2n) is 4.33. The summed E-state index contributed by atoms with van der Waals surface area (Å²) in [6.45, 7) is 0. The molecule has 0 unspecified atom stereocenters. The summed E-state index contributed by atoms with van der Waals surface area (Å²) in [6.07, 6.45) is 3.03. The number of fused-ring (bicyclic) bond motifs is 1. The first-order valence-corrected chi connectivity index (χ1v) is 6.53. The molecule has 0 aliphatic heterocycles. The van der Waals surface area contributed by atoms with Crippen molar-refractivity contribution in [1.82, 2.24) is 9.97 Å². The minimum Gasteiger partial charge on any atom is -0.504 e. The van der Waals surface area contributed by atoms with E-state index in [4.69, 9.17) is 11.6 Å². The van der Waals surface area contributed by atoms with Crippen molar-refractivity contribution in [1.29, 1.82) is 0 Å². The number of para-hydroxylation sites is 1. The number of benzene rings is 1. The van der Waals surface area contributed by atoms with Crippen LogP contribution in [0.4, 0.5) is 5.69 Å². The molecule has 0 fully saturated rings. The standard InChI is InChI=1S/C15H10ClN3O2/c16-10-5-1-2-6-11(10)19-15(21)13-14(20)12-9(8-18-13)4-3-7-17-12/h1-8,20H,(H,19,21). The normalized spacial score (nSPS) is 10.5. The molecule has 0 aliphatic carbocycles. The second-order valence-corrected chi connectivity index (χ2v) is 4.74. The van der Waals surface area contributed by atoms with E-state index in [1.165, 1.54) is 12.4 Å². The zero-order valence-electron chi connectivity index (χ0n) is 10.7. The number of carbonyl (C=O) groups is 1. The molecule has 0 saturated carbocycles. The minimum absolute atomic E-state index is 0.0962. The Bertz CT molecular complexity index is 836. The predicted octanol–water partition coefficient (Wildman–Crippen LogP) is 3.24. The number of amides is 1. The number of carbonyl (C=O) groups excluding carboxylic acids is 1. The van der Waals surface area contributed by atoms with Gasteiger partial charge in [-0.2, -0.15) is 0 Å². The van der Waals surface area contributed by atoms with Crippen molar-refractivity contribution in [3.8, 4) is 5.75 Å². The zero-order valence-corrected chi connectivity index (χ0v) is 11.5. The van der Waals surface area contributed by atoms with Crippen LogP contribution in [0.5, 0.6) is 5.75 Å². The number of nitrogens with one attached hydrogen (secondary N) is 1. The van der Waals surface area contributed by atoms with Crippen LogP contribution in [0, 0.1) is 0 Å². The highest BCUT2D eigenvalue weighted by Crippen LogP contribution is 2.26. The Labute approximate surface area is 125 Å². The van der Waals surface area contributed by atoms with Gasteiger partial charge in [0.2, 0.25) is 0 Å². The second kappa shape index (κ2) is 5.38. The third-order valence-electron chi connectivity index (χ3n) is 2.96. The molecule has 2 aromatic heterocycles. The molecule has 0 aliphatic rings. The average molecular weight is 300 g/mol. The number of halogens is 1. The van der Waals surface area contributed by atoms with Gasteiger partial charge in [-0.05, 0) is 24.3 Å². The van der Waals surface area contributed by atoms with Gasteiger partial charge in [0.05, 0.1) is 10.7 Å². The number of anilines is 1. The van der Waals surface area contributed by atoms with E-state index in [9.17, 15) is 9.90 Å². The van der Waals surface area contributed by atoms with Crippen LogP contribution in [0.2, 0.25) is 5.02 Å². The van der Waals surface area contributed by atoms with Gasteiger partial charge in [-0.15, -0.1) is 0 Å². The van der Waals surface area contributed by atoms with Crippen LogP contribution < -0.4 is 5.32 Å². The fourth-order valence-electron chi connectivity index (χ4n) is 1.94. The molecule has 0 spiro atoms. The summed E-state index contributed by atoms with van der Waals surface area (Å²) < 4.78 is 0. The number of hydrogen-bond acceptors (Lipinski definition) is 4. The Morgan fingerprint density at radius 1 is 1.14 bits per heavy atom. The topological polar surface area (TPSA) is 75.1 Å². The molecule has 1 amide bonds. The highest BCUT2D eigenvalue weighted by molar-refractivity contribution is 6.33. The van der Waals surface area contributed by atoms with Gasteiger partial charge < -0.3 is 10.4 Å². The number of hydrogen-bond donors (Lipinski definition) is 2. The first kappa shape index (κ1) is 13.3. The van der Waals surface area contributed by atoms with Crippen molar-refractivity contribution in [2.24, 2.45) is 0 Å². The molecule has 1 aromatic carbocycles. The molecule has 2 N–H and O–H groups in total. The maximum absolute atomic E-state index is 12.2. The number of aromatic hydroxyl groups is 1. The van der Waals surface area contributed by atoms with Gasteiger partial charge in [-0.25, -0.2) is 4.98 Å². The Morgan fingerprint density at radius 3 is 2.76 bits per heavy atom. The van der Waals surface area contributed by atoms with Crippen LogP contribution >= 0.6 is 11.6 Å². The summed E-state index contributed by atoms with van der Waals surface area (Å²) in [4.78, 5) is 20.3. The first-order valence-electron chi connectivity index (χ1n) is 6.15. The summed E-state index contributed by atoms with van der Waals surface area (Å²) in [7, 11) is 0. The highest BCUT2D eigenvalue weighted by Gasteiger charge is 2.17. The minimum atomic E-state index is -0.548. The molecule has 2 heterocycles. The lowest BCUT2D eigenvalue weighted by atomic mass is 10.2. The van der Waals surface area contributed by atoms with Gasteiger partial charge in [0.1, 0.15) is 5.52 Å². The van der Waals surface area contributed by atoms with Crippen molar-refractivity contribution in [2.75, 3.05) is 5.32 Å². The molecule has 3 aromatic rings. The van der Waals surface area contributed by atoms with E-state index in [0.717, 1.165) is 0 Å². The van der Waals surface area contributed by atoms with E-state index >= 15 is 0 Å². The fraction of sp³-hybridized carbons (Fsp3) is 0. The first-order chi connectivity index (χ1) is 10.2. The van der Waals surface area contributed by atoms with Gasteiger partial charge in [0.15, 0.2) is 11.4 Å². The average Bonchev–Trinajstić information content (AvgIpc) is 2.50. The summed E-state index contributed by atoms with van der Waals surface area (Å²) in [6, 6.07) is 10.3. The molecule has 0 atom stereocenters. The van der Waals surface area contributed by atoms with Crippen molar-refractivity contribution in [3.05, 3.63) is 59.5 Å². The summed E-state index contributed by atoms with van der Waals surface area (Å²) in [5, 5.41) is 13.8. The maximum atomic E-state index is 12.2. The van der Waals surface area contributed by atoms with E-state index in [1.54, 1.807) is 36.4 Å². The van der Waals surface area contributed by atoms with Crippen molar-refractivity contribution < 1.29 is 9.90 Å². The van der Waals surface area contributed by atoms with E-state index in [2.05, 4.69) is 15.3 Å². The van der Waals surface area contributed by atoms with E-state index in [-0.39, 0.29) is 11.4 Å². The van der Waals surface area contributed by atoms with Gasteiger partial charge in [-0.1, -0.05) is 23.7 Å². The Hall–Kier alpha value is -2.66. The van der Waals surface area contributed by atoms with Crippen molar-refractivity contribution in [3.63, 3.8) is 0 Å². The molecule has 6 heteroatoms. The van der Waals surface area contributed by atoms with Crippen LogP contribution in [0.3, 0.4) is 0 Å². The fourth-order valence-corrected chi connectivity index (χ4v) is 2.12. The molecular weight excluding hydrogens is 290 g/mol. The number of rotatable bonds is 2. The molecular formula is C15H10ClN3O2. The van der Waals surface area contributed by atoms with Crippen LogP contribution in [0.25, 0.3) is 10.9 Å². The molecule has 0 saturated heterocycles. The molecule has 21 heavy (non-hydrogen) atoms. The van der Waals surface area contributed by atoms with E-state index < -0.39 is 5.91 Å². The molecule has 0 radical (unpaired) electrons. The number of aromatic nitrogens is 2. The Kier molecular flexibility index (Phi) is 3.41. The maximum Gasteiger partial charge on any atom is 0.278 e. The Balaban J connectivity index is 1.99. The molecule has 5 nitrogen and oxygen atoms in total. The molecule has 0 bridgehead atoms. The molecule has 3 rings (SSSR count). The van der Waals surface area contributed by atoms with Crippen molar-refractivity contribution in [2.45, 2.75) is 0 Å². The third-order valence-corrected chi connectivity index (χ3v) is 3.29. The Morgan fingerprint density at radius 2 is 1.95 bits per heavy atom. The van der Waals surface area contributed by atoms with Crippen LogP contribution in [0.15, 0.2) is 48.8 Å². The summed E-state index contributed by atoms with van der Waals surface area (Å²) >= 11 is 5.98. The lowest BCUT2D eigenvalue weighted by Gasteiger charge is -2.08. The summed E-state index contributed by atoms with van der Waals surface area (Å²) in [5.41, 5.74) is 0.685. The van der Waals surface area contributed by atoms with Crippen LogP contribution in [-0.4, -0.2) is 21.0 Å². The zero-order chi connectivity index (χ0) is 14.8. The van der Waals surface area contributed by atoms with Gasteiger partial charge in [-0.3, -0.25) is 9.78 Å². The SMILES string of the molecule is O=C(Nc1ccccc1Cl)c1ncc2cccnc2c1O. The lowest BCUT2D eigenvalue weighted by molar-refractivity contribution is 0.102. The molecule has 104 valence electrons. The smallest absolute Gasteiger partial charge is 0.278 e. The largest absolute Gasteiger partial charge is 0.504 e. The quantitative estimate of drug-likeness (QED) is 0.761. The van der Waals surface area contributed by atoms with Gasteiger partial charge in [0, 0.05) is 17.8 Å². The van der Waals surface area contributed by atoms with Gasteiger partial charge in [0.25, 0.3) is 5.91 Å².